The third-order valence-corrected chi connectivity index (χ3v) is 2.97. The quantitative estimate of drug-likeness (QED) is 0.465. The fourth-order valence-corrected chi connectivity index (χ4v) is 2.04. The van der Waals surface area contributed by atoms with Gasteiger partial charge >= 0.3 is 0 Å². The Morgan fingerprint density at radius 2 is 2.17 bits per heavy atom. The lowest BCUT2D eigenvalue weighted by molar-refractivity contribution is -0.384. The zero-order chi connectivity index (χ0) is 13.0. The Labute approximate surface area is 105 Å². The van der Waals surface area contributed by atoms with Gasteiger partial charge in [-0.2, -0.15) is 0 Å². The van der Waals surface area contributed by atoms with Crippen molar-refractivity contribution in [3.63, 3.8) is 0 Å². The second-order valence-electron chi connectivity index (χ2n) is 4.10. The lowest BCUT2D eigenvalue weighted by Gasteiger charge is -2.27. The molecule has 0 spiro atoms. The van der Waals surface area contributed by atoms with Crippen LogP contribution in [0.3, 0.4) is 0 Å². The van der Waals surface area contributed by atoms with Gasteiger partial charge in [0.15, 0.2) is 0 Å². The average Bonchev–Trinajstić information content (AvgIpc) is 2.39. The van der Waals surface area contributed by atoms with Gasteiger partial charge in [-0.3, -0.25) is 20.9 Å². The van der Waals surface area contributed by atoms with Gasteiger partial charge in [0.05, 0.1) is 18.1 Å². The zero-order valence-corrected chi connectivity index (χ0v) is 9.96. The molecule has 0 unspecified atom stereocenters. The van der Waals surface area contributed by atoms with E-state index in [0.29, 0.717) is 25.4 Å². The van der Waals surface area contributed by atoms with Crippen molar-refractivity contribution in [1.82, 2.24) is 4.90 Å². The van der Waals surface area contributed by atoms with Crippen LogP contribution in [0.15, 0.2) is 18.2 Å². The molecule has 98 valence electrons. The molecule has 1 heterocycles. The van der Waals surface area contributed by atoms with Crippen LogP contribution in [0.2, 0.25) is 0 Å². The molecule has 0 atom stereocenters. The number of para-hydroxylation sites is 1. The Balaban J connectivity index is 2.20. The molecular weight excluding hydrogens is 236 g/mol. The van der Waals surface area contributed by atoms with Crippen molar-refractivity contribution in [2.75, 3.05) is 31.7 Å². The molecule has 0 radical (unpaired) electrons. The molecule has 3 N–H and O–H groups in total. The predicted molar refractivity (Wildman–Crippen MR) is 67.0 cm³/mol. The lowest BCUT2D eigenvalue weighted by Crippen LogP contribution is -2.36. The van der Waals surface area contributed by atoms with Gasteiger partial charge in [0, 0.05) is 25.7 Å². The molecule has 0 amide bonds. The summed E-state index contributed by atoms with van der Waals surface area (Å²) < 4.78 is 5.27. The monoisotopic (exact) mass is 252 g/mol. The van der Waals surface area contributed by atoms with E-state index in [1.165, 1.54) is 6.07 Å². The molecule has 0 saturated carbocycles. The van der Waals surface area contributed by atoms with Crippen LogP contribution in [0.4, 0.5) is 11.4 Å². The number of anilines is 1. The van der Waals surface area contributed by atoms with E-state index in [1.54, 1.807) is 6.07 Å². The number of hydrogen-bond acceptors (Lipinski definition) is 6. The molecule has 0 aliphatic carbocycles. The Morgan fingerprint density at radius 1 is 1.44 bits per heavy atom. The minimum absolute atomic E-state index is 0.00302. The summed E-state index contributed by atoms with van der Waals surface area (Å²) in [6, 6.07) is 4.96. The highest BCUT2D eigenvalue weighted by Gasteiger charge is 2.19. The molecule has 1 aliphatic heterocycles. The summed E-state index contributed by atoms with van der Waals surface area (Å²) >= 11 is 0. The highest BCUT2D eigenvalue weighted by atomic mass is 16.6. The fraction of sp³-hybridized carbons (Fsp3) is 0.455. The number of nitro groups is 1. The number of morpholine rings is 1. The van der Waals surface area contributed by atoms with Gasteiger partial charge in [0.1, 0.15) is 5.69 Å². The van der Waals surface area contributed by atoms with Crippen LogP contribution in [-0.4, -0.2) is 36.1 Å². The first-order valence-corrected chi connectivity index (χ1v) is 5.75. The van der Waals surface area contributed by atoms with E-state index in [1.807, 2.05) is 6.07 Å². The number of nitrogens with one attached hydrogen (secondary N) is 1. The summed E-state index contributed by atoms with van der Waals surface area (Å²) in [6.45, 7) is 3.67. The number of hydrazine groups is 1. The van der Waals surface area contributed by atoms with E-state index in [-0.39, 0.29) is 5.69 Å². The number of hydrogen-bond donors (Lipinski definition) is 2. The summed E-state index contributed by atoms with van der Waals surface area (Å²) in [4.78, 5) is 12.7. The van der Waals surface area contributed by atoms with Crippen LogP contribution in [0.1, 0.15) is 5.56 Å². The average molecular weight is 252 g/mol. The molecule has 7 heteroatoms. The van der Waals surface area contributed by atoms with Gasteiger partial charge in [0.25, 0.3) is 5.69 Å². The predicted octanol–water partition coefficient (Wildman–Crippen LogP) is 0.713. The minimum atomic E-state index is -0.433. The number of nitrogens with two attached hydrogens (primary N) is 1. The smallest absolute Gasteiger partial charge is 0.293 e. The Bertz CT molecular complexity index is 432. The van der Waals surface area contributed by atoms with Crippen molar-refractivity contribution in [3.05, 3.63) is 33.9 Å². The molecule has 1 saturated heterocycles. The summed E-state index contributed by atoms with van der Waals surface area (Å²) in [6.07, 6.45) is 0. The standard InChI is InChI=1S/C11H16N4O3/c12-13-11-9(2-1-3-10(11)15(16)17)8-14-4-6-18-7-5-14/h1-3,13H,4-8,12H2. The van der Waals surface area contributed by atoms with Crippen molar-refractivity contribution in [2.24, 2.45) is 5.84 Å². The van der Waals surface area contributed by atoms with Gasteiger partial charge in [-0.25, -0.2) is 0 Å². The molecule has 1 aromatic rings. The third kappa shape index (κ3) is 2.76. The van der Waals surface area contributed by atoms with Crippen LogP contribution in [0.25, 0.3) is 0 Å². The maximum absolute atomic E-state index is 10.9. The molecule has 2 rings (SSSR count). The van der Waals surface area contributed by atoms with Gasteiger partial charge in [-0.1, -0.05) is 12.1 Å². The van der Waals surface area contributed by atoms with Crippen LogP contribution < -0.4 is 11.3 Å². The second kappa shape index (κ2) is 5.76. The summed E-state index contributed by atoms with van der Waals surface area (Å²) in [5.74, 6) is 5.40. The van der Waals surface area contributed by atoms with E-state index in [0.717, 1.165) is 18.7 Å². The van der Waals surface area contributed by atoms with E-state index >= 15 is 0 Å². The first kappa shape index (κ1) is 12.7. The van der Waals surface area contributed by atoms with E-state index in [4.69, 9.17) is 10.6 Å². The summed E-state index contributed by atoms with van der Waals surface area (Å²) in [5.41, 5.74) is 3.65. The first-order chi connectivity index (χ1) is 8.72. The van der Waals surface area contributed by atoms with Gasteiger partial charge in [0.2, 0.25) is 0 Å². The van der Waals surface area contributed by atoms with Crippen LogP contribution in [0.5, 0.6) is 0 Å². The van der Waals surface area contributed by atoms with E-state index in [2.05, 4.69) is 10.3 Å². The molecular formula is C11H16N4O3. The third-order valence-electron chi connectivity index (χ3n) is 2.97. The lowest BCUT2D eigenvalue weighted by atomic mass is 10.1. The topological polar surface area (TPSA) is 93.7 Å². The van der Waals surface area contributed by atoms with Crippen LogP contribution >= 0.6 is 0 Å². The Morgan fingerprint density at radius 3 is 2.78 bits per heavy atom. The number of benzene rings is 1. The van der Waals surface area contributed by atoms with Crippen molar-refractivity contribution >= 4 is 11.4 Å². The van der Waals surface area contributed by atoms with Crippen molar-refractivity contribution < 1.29 is 9.66 Å². The second-order valence-corrected chi connectivity index (χ2v) is 4.10. The van der Waals surface area contributed by atoms with Crippen molar-refractivity contribution in [2.45, 2.75) is 6.54 Å². The van der Waals surface area contributed by atoms with E-state index < -0.39 is 4.92 Å². The first-order valence-electron chi connectivity index (χ1n) is 5.75. The van der Waals surface area contributed by atoms with Gasteiger partial charge in [-0.15, -0.1) is 0 Å². The highest BCUT2D eigenvalue weighted by molar-refractivity contribution is 5.65. The van der Waals surface area contributed by atoms with E-state index in [9.17, 15) is 10.1 Å². The fourth-order valence-electron chi connectivity index (χ4n) is 2.04. The Kier molecular flexibility index (Phi) is 4.08. The number of nitro benzene ring substituents is 1. The zero-order valence-electron chi connectivity index (χ0n) is 9.96. The van der Waals surface area contributed by atoms with Crippen molar-refractivity contribution in [1.29, 1.82) is 0 Å². The van der Waals surface area contributed by atoms with Gasteiger partial charge < -0.3 is 10.2 Å². The molecule has 0 aromatic heterocycles. The molecule has 1 aliphatic rings. The number of nitrogen functional groups attached to an aromatic ring is 1. The summed E-state index contributed by atoms with van der Waals surface area (Å²) in [5, 5.41) is 10.9. The largest absolute Gasteiger partial charge is 0.379 e. The SMILES string of the molecule is NNc1c(CN2CCOCC2)cccc1[N+](=O)[O-]. The number of nitrogens with zero attached hydrogens (tertiary/aromatic N) is 2. The minimum Gasteiger partial charge on any atom is -0.379 e. The molecule has 1 fully saturated rings. The summed E-state index contributed by atoms with van der Waals surface area (Å²) in [7, 11) is 0. The molecule has 1 aromatic carbocycles. The molecule has 0 bridgehead atoms. The maximum Gasteiger partial charge on any atom is 0.293 e. The van der Waals surface area contributed by atoms with Gasteiger partial charge in [-0.05, 0) is 5.56 Å². The number of ether oxygens (including phenoxy) is 1. The highest BCUT2D eigenvalue weighted by Crippen LogP contribution is 2.28. The number of rotatable bonds is 4. The van der Waals surface area contributed by atoms with Crippen molar-refractivity contribution in [3.8, 4) is 0 Å². The van der Waals surface area contributed by atoms with Crippen LogP contribution in [-0.2, 0) is 11.3 Å². The molecule has 7 nitrogen and oxygen atoms in total. The van der Waals surface area contributed by atoms with Crippen LogP contribution in [0, 0.1) is 10.1 Å². The maximum atomic E-state index is 10.9. The molecule has 18 heavy (non-hydrogen) atoms. The normalized spacial score (nSPS) is 16.5. The Hall–Kier alpha value is -1.70.